The molecule has 46 valence electrons. The summed E-state index contributed by atoms with van der Waals surface area (Å²) >= 11 is -0.0972. The number of nitrogens with zero attached hydrogens (tertiary/aromatic N) is 1. The zero-order chi connectivity index (χ0) is 5.82. The van der Waals surface area contributed by atoms with Crippen LogP contribution >= 0.6 is 0 Å². The molecular formula is C5H9NOS. The van der Waals surface area contributed by atoms with E-state index in [0.29, 0.717) is 5.92 Å². The molecule has 0 aromatic carbocycles. The molecule has 0 atom stereocenters. The molecule has 1 aliphatic rings. The summed E-state index contributed by atoms with van der Waals surface area (Å²) in [4.78, 5) is 0. The molecule has 0 heterocycles. The quantitative estimate of drug-likeness (QED) is 0.434. The van der Waals surface area contributed by atoms with Crippen LogP contribution in [0.5, 0.6) is 0 Å². The normalized spacial score (nSPS) is 21.5. The molecule has 0 spiro atoms. The van der Waals surface area contributed by atoms with Crippen molar-refractivity contribution in [3.63, 3.8) is 0 Å². The second-order valence-corrected chi connectivity index (χ2v) is 2.43. The molecule has 8 heavy (non-hydrogen) atoms. The highest BCUT2D eigenvalue weighted by Gasteiger charge is 2.13. The first-order chi connectivity index (χ1) is 3.93. The van der Waals surface area contributed by atoms with Crippen LogP contribution in [0.4, 0.5) is 0 Å². The van der Waals surface area contributed by atoms with Gasteiger partial charge in [0.25, 0.3) is 0 Å². The summed E-state index contributed by atoms with van der Waals surface area (Å²) in [5.41, 5.74) is 0. The van der Waals surface area contributed by atoms with Gasteiger partial charge in [0.05, 0.1) is 0 Å². The van der Waals surface area contributed by atoms with Crippen LogP contribution in [0.2, 0.25) is 0 Å². The van der Waals surface area contributed by atoms with Crippen molar-refractivity contribution in [1.82, 2.24) is 0 Å². The highest BCUT2D eigenvalue weighted by atomic mass is 32.2. The number of rotatable bonds is 2. The third-order valence-electron chi connectivity index (χ3n) is 1.47. The van der Waals surface area contributed by atoms with Crippen molar-refractivity contribution in [3.05, 3.63) is 0 Å². The largest absolute Gasteiger partial charge is 0.238 e. The Hall–Kier alpha value is -0.180. The molecule has 1 aliphatic carbocycles. The number of hydrogen-bond acceptors (Lipinski definition) is 1. The molecule has 1 rings (SSSR count). The minimum Gasteiger partial charge on any atom is -0.238 e. The molecule has 0 N–H and O–H groups in total. The lowest BCUT2D eigenvalue weighted by Crippen LogP contribution is -2.11. The summed E-state index contributed by atoms with van der Waals surface area (Å²) in [6, 6.07) is 0. The molecule has 0 amide bonds. The van der Waals surface area contributed by atoms with Crippen molar-refractivity contribution in [2.75, 3.05) is 0 Å². The van der Waals surface area contributed by atoms with Crippen LogP contribution in [-0.2, 0) is 11.9 Å². The monoisotopic (exact) mass is 131 g/mol. The zero-order valence-corrected chi connectivity index (χ0v) is 5.47. The third-order valence-corrected chi connectivity index (χ3v) is 1.70. The summed E-state index contributed by atoms with van der Waals surface area (Å²) in [6.07, 6.45) is 5.57. The molecule has 0 aliphatic heterocycles. The SMILES string of the molecule is O=[SH]/N=C/C1CCC1. The van der Waals surface area contributed by atoms with Gasteiger partial charge in [-0.15, -0.1) is 0 Å². The van der Waals surface area contributed by atoms with E-state index in [1.54, 1.807) is 6.21 Å². The van der Waals surface area contributed by atoms with Crippen molar-refractivity contribution in [3.8, 4) is 0 Å². The Morgan fingerprint density at radius 1 is 1.62 bits per heavy atom. The molecule has 2 nitrogen and oxygen atoms in total. The molecule has 0 saturated heterocycles. The van der Waals surface area contributed by atoms with Gasteiger partial charge in [-0.3, -0.25) is 0 Å². The van der Waals surface area contributed by atoms with Crippen LogP contribution in [0.3, 0.4) is 0 Å². The van der Waals surface area contributed by atoms with Crippen LogP contribution in [-0.4, -0.2) is 10.4 Å². The summed E-state index contributed by atoms with van der Waals surface area (Å²) in [5, 5.41) is 0. The Morgan fingerprint density at radius 3 is 2.75 bits per heavy atom. The van der Waals surface area contributed by atoms with Gasteiger partial charge in [-0.05, 0) is 18.8 Å². The first-order valence-corrected chi connectivity index (χ1v) is 3.56. The molecule has 1 fully saturated rings. The molecular weight excluding hydrogens is 122 g/mol. The maximum Gasteiger partial charge on any atom is 0.125 e. The second-order valence-electron chi connectivity index (χ2n) is 2.04. The summed E-state index contributed by atoms with van der Waals surface area (Å²) < 4.78 is 13.3. The predicted octanol–water partition coefficient (Wildman–Crippen LogP) is 0.718. The van der Waals surface area contributed by atoms with E-state index >= 15 is 0 Å². The van der Waals surface area contributed by atoms with Gasteiger partial charge in [-0.1, -0.05) is 6.42 Å². The van der Waals surface area contributed by atoms with Crippen LogP contribution < -0.4 is 0 Å². The van der Waals surface area contributed by atoms with Gasteiger partial charge < -0.3 is 0 Å². The fourth-order valence-corrected chi connectivity index (χ4v) is 0.953. The maximum atomic E-state index is 9.75. The maximum absolute atomic E-state index is 9.75. The van der Waals surface area contributed by atoms with E-state index in [1.165, 1.54) is 19.3 Å². The molecule has 0 aromatic rings. The van der Waals surface area contributed by atoms with Gasteiger partial charge in [0.15, 0.2) is 0 Å². The smallest absolute Gasteiger partial charge is 0.125 e. The van der Waals surface area contributed by atoms with Crippen LogP contribution in [0.15, 0.2) is 4.40 Å². The van der Waals surface area contributed by atoms with Crippen molar-refractivity contribution in [1.29, 1.82) is 0 Å². The number of hydrogen-bond donors (Lipinski definition) is 1. The Kier molecular flexibility index (Phi) is 2.21. The van der Waals surface area contributed by atoms with E-state index in [4.69, 9.17) is 0 Å². The minimum atomic E-state index is -0.0972. The Labute approximate surface area is 52.6 Å². The predicted molar refractivity (Wildman–Crippen MR) is 35.4 cm³/mol. The summed E-state index contributed by atoms with van der Waals surface area (Å²) in [6.45, 7) is 0. The lowest BCUT2D eigenvalue weighted by atomic mass is 9.87. The molecule has 3 heteroatoms. The van der Waals surface area contributed by atoms with Gasteiger partial charge in [-0.25, -0.2) is 8.61 Å². The fourth-order valence-electron chi connectivity index (χ4n) is 0.710. The van der Waals surface area contributed by atoms with Crippen LogP contribution in [0.1, 0.15) is 19.3 Å². The minimum absolute atomic E-state index is 0.0972. The second kappa shape index (κ2) is 2.97. The van der Waals surface area contributed by atoms with Crippen LogP contribution in [0, 0.1) is 5.92 Å². The van der Waals surface area contributed by atoms with Gasteiger partial charge >= 0.3 is 0 Å². The molecule has 0 aromatic heterocycles. The van der Waals surface area contributed by atoms with Gasteiger partial charge in [0.2, 0.25) is 0 Å². The Bertz CT molecular complexity index is 109. The van der Waals surface area contributed by atoms with Gasteiger partial charge in [-0.2, -0.15) is 0 Å². The Morgan fingerprint density at radius 2 is 2.38 bits per heavy atom. The third kappa shape index (κ3) is 1.40. The van der Waals surface area contributed by atoms with E-state index in [1.807, 2.05) is 0 Å². The average Bonchev–Trinajstić information content (AvgIpc) is 1.63. The standard InChI is InChI=1S/C5H9NOS/c7-8-6-4-5-2-1-3-5/h4-5,8H,1-3H2/b6-4+. The molecule has 1 saturated carbocycles. The van der Waals surface area contributed by atoms with E-state index in [-0.39, 0.29) is 11.9 Å². The van der Waals surface area contributed by atoms with Crippen molar-refractivity contribution in [2.24, 2.45) is 10.3 Å². The highest BCUT2D eigenvalue weighted by Crippen LogP contribution is 2.23. The van der Waals surface area contributed by atoms with Crippen molar-refractivity contribution >= 4 is 18.1 Å². The van der Waals surface area contributed by atoms with Gasteiger partial charge in [0.1, 0.15) is 11.9 Å². The molecule has 0 unspecified atom stereocenters. The summed E-state index contributed by atoms with van der Waals surface area (Å²) in [7, 11) is 0. The highest BCUT2D eigenvalue weighted by molar-refractivity contribution is 7.64. The topological polar surface area (TPSA) is 29.4 Å². The summed E-state index contributed by atoms with van der Waals surface area (Å²) in [5.74, 6) is 0.636. The average molecular weight is 131 g/mol. The lowest BCUT2D eigenvalue weighted by Gasteiger charge is -2.19. The Balaban J connectivity index is 2.16. The van der Waals surface area contributed by atoms with Gasteiger partial charge in [0, 0.05) is 6.21 Å². The van der Waals surface area contributed by atoms with E-state index in [0.717, 1.165) is 0 Å². The first kappa shape index (κ1) is 5.95. The van der Waals surface area contributed by atoms with E-state index in [9.17, 15) is 4.21 Å². The first-order valence-electron chi connectivity index (χ1n) is 2.79. The number of thiol groups is 1. The molecule has 0 radical (unpaired) electrons. The van der Waals surface area contributed by atoms with E-state index in [2.05, 4.69) is 4.40 Å². The van der Waals surface area contributed by atoms with E-state index < -0.39 is 0 Å². The lowest BCUT2D eigenvalue weighted by molar-refractivity contribution is 0.421. The van der Waals surface area contributed by atoms with Crippen LogP contribution in [0.25, 0.3) is 0 Å². The molecule has 0 bridgehead atoms. The van der Waals surface area contributed by atoms with Crippen molar-refractivity contribution in [2.45, 2.75) is 19.3 Å². The zero-order valence-electron chi connectivity index (χ0n) is 4.58. The van der Waals surface area contributed by atoms with Crippen molar-refractivity contribution < 1.29 is 4.21 Å². The fraction of sp³-hybridized carbons (Fsp3) is 0.800.